The molecule has 1 aromatic heterocycles. The molecule has 0 atom stereocenters. The summed E-state index contributed by atoms with van der Waals surface area (Å²) in [6.07, 6.45) is 3.41. The summed E-state index contributed by atoms with van der Waals surface area (Å²) in [6.45, 7) is 4.76. The molecule has 2 amide bonds. The average molecular weight is 372 g/mol. The standard InChI is InChI=1S/C20H25FN4O2/c21-16-4-5-17-15(12-16)13-18(22-17)20(27)25-10-8-23(9-11-25)14-19(26)24-6-2-1-3-7-24/h4-5,12-13,22H,1-3,6-11,14H2. The van der Waals surface area contributed by atoms with Crippen LogP contribution in [0.2, 0.25) is 0 Å². The Labute approximate surface area is 157 Å². The monoisotopic (exact) mass is 372 g/mol. The SMILES string of the molecule is O=C(CN1CCN(C(=O)c2cc3cc(F)ccc3[nH]2)CC1)N1CCCCC1. The number of hydrogen-bond acceptors (Lipinski definition) is 3. The van der Waals surface area contributed by atoms with E-state index in [-0.39, 0.29) is 17.6 Å². The summed E-state index contributed by atoms with van der Waals surface area (Å²) in [6, 6.07) is 6.15. The van der Waals surface area contributed by atoms with Crippen molar-refractivity contribution in [2.45, 2.75) is 19.3 Å². The fourth-order valence-corrected chi connectivity index (χ4v) is 3.93. The third kappa shape index (κ3) is 3.98. The van der Waals surface area contributed by atoms with Gasteiger partial charge in [0.2, 0.25) is 5.91 Å². The van der Waals surface area contributed by atoms with Crippen LogP contribution in [-0.2, 0) is 4.79 Å². The number of fused-ring (bicyclic) bond motifs is 1. The maximum Gasteiger partial charge on any atom is 0.270 e. The van der Waals surface area contributed by atoms with Gasteiger partial charge in [0.1, 0.15) is 11.5 Å². The number of nitrogens with one attached hydrogen (secondary N) is 1. The Morgan fingerprint density at radius 1 is 0.926 bits per heavy atom. The highest BCUT2D eigenvalue weighted by Gasteiger charge is 2.26. The molecule has 144 valence electrons. The van der Waals surface area contributed by atoms with Gasteiger partial charge in [-0.15, -0.1) is 0 Å². The number of rotatable bonds is 3. The highest BCUT2D eigenvalue weighted by Crippen LogP contribution is 2.18. The fourth-order valence-electron chi connectivity index (χ4n) is 3.93. The number of H-pyrrole nitrogens is 1. The number of hydrogen-bond donors (Lipinski definition) is 1. The molecule has 2 aliphatic heterocycles. The van der Waals surface area contributed by atoms with E-state index in [1.165, 1.54) is 18.6 Å². The maximum atomic E-state index is 13.3. The number of piperazine rings is 1. The van der Waals surface area contributed by atoms with Crippen molar-refractivity contribution in [1.29, 1.82) is 0 Å². The van der Waals surface area contributed by atoms with Crippen molar-refractivity contribution in [3.63, 3.8) is 0 Å². The number of aromatic nitrogens is 1. The van der Waals surface area contributed by atoms with Crippen molar-refractivity contribution in [3.8, 4) is 0 Å². The molecule has 1 aromatic carbocycles. The van der Waals surface area contributed by atoms with Crippen LogP contribution < -0.4 is 0 Å². The van der Waals surface area contributed by atoms with E-state index in [9.17, 15) is 14.0 Å². The molecule has 2 saturated heterocycles. The number of carbonyl (C=O) groups excluding carboxylic acids is 2. The third-order valence-electron chi connectivity index (χ3n) is 5.54. The van der Waals surface area contributed by atoms with Gasteiger partial charge < -0.3 is 14.8 Å². The number of carbonyl (C=O) groups is 2. The summed E-state index contributed by atoms with van der Waals surface area (Å²) in [4.78, 5) is 34.1. The number of amides is 2. The molecular formula is C20H25FN4O2. The number of halogens is 1. The minimum absolute atomic E-state index is 0.0754. The summed E-state index contributed by atoms with van der Waals surface area (Å²) in [5.41, 5.74) is 1.24. The quantitative estimate of drug-likeness (QED) is 0.897. The van der Waals surface area contributed by atoms with Gasteiger partial charge in [0.25, 0.3) is 5.91 Å². The van der Waals surface area contributed by atoms with Gasteiger partial charge in [-0.25, -0.2) is 4.39 Å². The fraction of sp³-hybridized carbons (Fsp3) is 0.500. The summed E-state index contributed by atoms with van der Waals surface area (Å²) in [5.74, 6) is -0.187. The zero-order valence-corrected chi connectivity index (χ0v) is 15.4. The number of nitrogens with zero attached hydrogens (tertiary/aromatic N) is 3. The van der Waals surface area contributed by atoms with Gasteiger partial charge in [-0.1, -0.05) is 0 Å². The van der Waals surface area contributed by atoms with E-state index in [2.05, 4.69) is 9.88 Å². The molecule has 27 heavy (non-hydrogen) atoms. The molecule has 0 bridgehead atoms. The summed E-state index contributed by atoms with van der Waals surface area (Å²) < 4.78 is 13.3. The first-order valence-corrected chi connectivity index (χ1v) is 9.68. The van der Waals surface area contributed by atoms with Crippen LogP contribution in [0.5, 0.6) is 0 Å². The highest BCUT2D eigenvalue weighted by atomic mass is 19.1. The maximum absolute atomic E-state index is 13.3. The van der Waals surface area contributed by atoms with E-state index in [0.29, 0.717) is 43.8 Å². The lowest BCUT2D eigenvalue weighted by Crippen LogP contribution is -2.52. The van der Waals surface area contributed by atoms with Crippen LogP contribution in [0.4, 0.5) is 4.39 Å². The zero-order chi connectivity index (χ0) is 18.8. The molecule has 3 heterocycles. The van der Waals surface area contributed by atoms with E-state index in [0.717, 1.165) is 31.4 Å². The van der Waals surface area contributed by atoms with E-state index < -0.39 is 0 Å². The van der Waals surface area contributed by atoms with Gasteiger partial charge in [0.05, 0.1) is 6.54 Å². The van der Waals surface area contributed by atoms with Crippen molar-refractivity contribution in [2.75, 3.05) is 45.8 Å². The molecule has 2 aliphatic rings. The van der Waals surface area contributed by atoms with Crippen LogP contribution in [0.3, 0.4) is 0 Å². The van der Waals surface area contributed by atoms with Gasteiger partial charge in [0.15, 0.2) is 0 Å². The molecule has 4 rings (SSSR count). The zero-order valence-electron chi connectivity index (χ0n) is 15.4. The minimum Gasteiger partial charge on any atom is -0.351 e. The van der Waals surface area contributed by atoms with Crippen molar-refractivity contribution in [3.05, 3.63) is 35.8 Å². The van der Waals surface area contributed by atoms with Gasteiger partial charge >= 0.3 is 0 Å². The predicted molar refractivity (Wildman–Crippen MR) is 101 cm³/mol. The second-order valence-corrected chi connectivity index (χ2v) is 7.42. The van der Waals surface area contributed by atoms with Gasteiger partial charge in [-0.2, -0.15) is 0 Å². The molecule has 6 nitrogen and oxygen atoms in total. The second-order valence-electron chi connectivity index (χ2n) is 7.42. The van der Waals surface area contributed by atoms with Crippen LogP contribution in [0.15, 0.2) is 24.3 Å². The smallest absolute Gasteiger partial charge is 0.270 e. The number of likely N-dealkylation sites (tertiary alicyclic amines) is 1. The molecule has 0 saturated carbocycles. The van der Waals surface area contributed by atoms with Crippen molar-refractivity contribution in [2.24, 2.45) is 0 Å². The molecule has 2 fully saturated rings. The molecule has 0 aliphatic carbocycles. The normalized spacial score (nSPS) is 18.9. The second kappa shape index (κ2) is 7.68. The topological polar surface area (TPSA) is 59.7 Å². The van der Waals surface area contributed by atoms with E-state index in [1.807, 2.05) is 4.90 Å². The number of piperidine rings is 1. The highest BCUT2D eigenvalue weighted by molar-refractivity contribution is 5.98. The van der Waals surface area contributed by atoms with Gasteiger partial charge in [-0.05, 0) is 43.5 Å². The first-order chi connectivity index (χ1) is 13.1. The molecular weight excluding hydrogens is 347 g/mol. The predicted octanol–water partition coefficient (Wildman–Crippen LogP) is 2.08. The van der Waals surface area contributed by atoms with E-state index >= 15 is 0 Å². The van der Waals surface area contributed by atoms with Crippen molar-refractivity contribution < 1.29 is 14.0 Å². The molecule has 2 aromatic rings. The lowest BCUT2D eigenvalue weighted by Gasteiger charge is -2.35. The first kappa shape index (κ1) is 18.0. The van der Waals surface area contributed by atoms with Gasteiger partial charge in [0, 0.05) is 50.2 Å². The molecule has 1 N–H and O–H groups in total. The number of aromatic amines is 1. The molecule has 0 radical (unpaired) electrons. The Bertz CT molecular complexity index is 836. The Morgan fingerprint density at radius 2 is 1.67 bits per heavy atom. The van der Waals surface area contributed by atoms with E-state index in [1.54, 1.807) is 17.0 Å². The summed E-state index contributed by atoms with van der Waals surface area (Å²) >= 11 is 0. The molecule has 7 heteroatoms. The Balaban J connectivity index is 1.32. The summed E-state index contributed by atoms with van der Waals surface area (Å²) in [5, 5.41) is 0.698. The Morgan fingerprint density at radius 3 is 2.41 bits per heavy atom. The van der Waals surface area contributed by atoms with Crippen LogP contribution in [0.25, 0.3) is 10.9 Å². The average Bonchev–Trinajstić information content (AvgIpc) is 3.12. The molecule has 0 unspecified atom stereocenters. The minimum atomic E-state index is -0.313. The largest absolute Gasteiger partial charge is 0.351 e. The lowest BCUT2D eigenvalue weighted by atomic mass is 10.1. The summed E-state index contributed by atoms with van der Waals surface area (Å²) in [7, 11) is 0. The Kier molecular flexibility index (Phi) is 5.11. The van der Waals surface area contributed by atoms with Crippen LogP contribution in [0, 0.1) is 5.82 Å². The number of benzene rings is 1. The molecule has 0 spiro atoms. The lowest BCUT2D eigenvalue weighted by molar-refractivity contribution is -0.133. The van der Waals surface area contributed by atoms with Gasteiger partial charge in [-0.3, -0.25) is 14.5 Å². The van der Waals surface area contributed by atoms with Crippen LogP contribution in [-0.4, -0.2) is 77.3 Å². The van der Waals surface area contributed by atoms with E-state index in [4.69, 9.17) is 0 Å². The van der Waals surface area contributed by atoms with Crippen LogP contribution >= 0.6 is 0 Å². The Hall–Kier alpha value is -2.41. The van der Waals surface area contributed by atoms with Crippen molar-refractivity contribution >= 4 is 22.7 Å². The van der Waals surface area contributed by atoms with Crippen molar-refractivity contribution in [1.82, 2.24) is 19.7 Å². The third-order valence-corrected chi connectivity index (χ3v) is 5.54. The van der Waals surface area contributed by atoms with Crippen LogP contribution in [0.1, 0.15) is 29.8 Å². The first-order valence-electron chi connectivity index (χ1n) is 9.68.